The SMILES string of the molecule is CCCCCCCOc1ccc(-c2cnc(-c3ccc(CC(NC(=O)c4ccc(C(C)(C)C)s4)C(=O)[C@@H]4CCN4C(=O)OC)cc3)nc2)cc1. The van der Waals surface area contributed by atoms with E-state index in [0.717, 1.165) is 45.9 Å². The summed E-state index contributed by atoms with van der Waals surface area (Å²) in [6.07, 6.45) is 9.91. The minimum Gasteiger partial charge on any atom is -0.494 e. The molecular formula is C40H48N4O5S. The largest absolute Gasteiger partial charge is 0.494 e. The van der Waals surface area contributed by atoms with Crippen molar-refractivity contribution >= 4 is 29.1 Å². The molecule has 3 heterocycles. The van der Waals surface area contributed by atoms with Crippen molar-refractivity contribution in [2.75, 3.05) is 20.3 Å². The Morgan fingerprint density at radius 2 is 1.58 bits per heavy atom. The van der Waals surface area contributed by atoms with Crippen LogP contribution in [0.3, 0.4) is 0 Å². The van der Waals surface area contributed by atoms with Crippen molar-refractivity contribution in [1.82, 2.24) is 20.2 Å². The lowest BCUT2D eigenvalue weighted by atomic mass is 9.90. The monoisotopic (exact) mass is 696 g/mol. The van der Waals surface area contributed by atoms with Crippen molar-refractivity contribution in [3.63, 3.8) is 0 Å². The summed E-state index contributed by atoms with van der Waals surface area (Å²) in [5.74, 6) is 0.922. The number of methoxy groups -OCH3 is 1. The van der Waals surface area contributed by atoms with Gasteiger partial charge in [0.05, 0.1) is 30.7 Å². The zero-order valence-corrected chi connectivity index (χ0v) is 30.6. The maximum absolute atomic E-state index is 13.8. The number of amides is 2. The van der Waals surface area contributed by atoms with E-state index in [1.165, 1.54) is 49.0 Å². The number of likely N-dealkylation sites (tertiary alicyclic amines) is 1. The lowest BCUT2D eigenvalue weighted by Crippen LogP contribution is -2.60. The second kappa shape index (κ2) is 16.9. The standard InChI is InChI=1S/C40H48N4O5S/c1-6-7-8-9-10-23-49-31-17-15-28(16-18-31)30-25-41-37(42-26-30)29-13-11-27(12-14-29)24-32(36(45)33-21-22-44(33)39(47)48-5)43-38(46)34-19-20-35(50-34)40(2,3)4/h11-20,25-26,32-33H,6-10,21-24H2,1-5H3,(H,43,46)/t32?,33-/m0/s1. The van der Waals surface area contributed by atoms with Gasteiger partial charge in [-0.05, 0) is 60.1 Å². The molecular weight excluding hydrogens is 649 g/mol. The van der Waals surface area contributed by atoms with Crippen LogP contribution in [0.4, 0.5) is 4.79 Å². The van der Waals surface area contributed by atoms with Crippen LogP contribution in [0.25, 0.3) is 22.5 Å². The Kier molecular flexibility index (Phi) is 12.4. The number of rotatable bonds is 15. The number of unbranched alkanes of at least 4 members (excludes halogenated alkanes) is 4. The van der Waals surface area contributed by atoms with Crippen LogP contribution in [-0.4, -0.2) is 65.0 Å². The fraction of sp³-hybridized carbons (Fsp3) is 0.425. The van der Waals surface area contributed by atoms with Crippen LogP contribution < -0.4 is 10.1 Å². The molecule has 264 valence electrons. The van der Waals surface area contributed by atoms with Crippen LogP contribution in [0.5, 0.6) is 5.75 Å². The highest BCUT2D eigenvalue weighted by molar-refractivity contribution is 7.14. The van der Waals surface area contributed by atoms with E-state index in [9.17, 15) is 14.4 Å². The molecule has 5 rings (SSSR count). The third-order valence-electron chi connectivity index (χ3n) is 8.98. The second-order valence-corrected chi connectivity index (χ2v) is 14.9. The maximum Gasteiger partial charge on any atom is 0.410 e. The van der Waals surface area contributed by atoms with Gasteiger partial charge >= 0.3 is 6.09 Å². The predicted molar refractivity (Wildman–Crippen MR) is 198 cm³/mol. The van der Waals surface area contributed by atoms with Crippen molar-refractivity contribution in [3.05, 3.63) is 88.4 Å². The number of carbonyl (C=O) groups is 3. The predicted octanol–water partition coefficient (Wildman–Crippen LogP) is 8.27. The van der Waals surface area contributed by atoms with E-state index in [-0.39, 0.29) is 23.5 Å². The van der Waals surface area contributed by atoms with E-state index in [0.29, 0.717) is 23.7 Å². The van der Waals surface area contributed by atoms with E-state index >= 15 is 0 Å². The fourth-order valence-electron chi connectivity index (χ4n) is 5.86. The minimum absolute atomic E-state index is 0.0924. The van der Waals surface area contributed by atoms with Gasteiger partial charge in [-0.3, -0.25) is 14.5 Å². The summed E-state index contributed by atoms with van der Waals surface area (Å²) < 4.78 is 10.8. The average molecular weight is 697 g/mol. The fourth-order valence-corrected chi connectivity index (χ4v) is 6.82. The molecule has 10 heteroatoms. The number of nitrogens with zero attached hydrogens (tertiary/aromatic N) is 3. The lowest BCUT2D eigenvalue weighted by molar-refractivity contribution is -0.129. The van der Waals surface area contributed by atoms with Gasteiger partial charge in [-0.25, -0.2) is 14.8 Å². The molecule has 2 amide bonds. The van der Waals surface area contributed by atoms with E-state index in [1.807, 2.05) is 67.0 Å². The van der Waals surface area contributed by atoms with Gasteiger partial charge < -0.3 is 14.8 Å². The second-order valence-electron chi connectivity index (χ2n) is 13.8. The molecule has 1 N–H and O–H groups in total. The number of aromatic nitrogens is 2. The summed E-state index contributed by atoms with van der Waals surface area (Å²) in [5.41, 5.74) is 3.52. The van der Waals surface area contributed by atoms with Gasteiger partial charge in [0, 0.05) is 34.9 Å². The lowest BCUT2D eigenvalue weighted by Gasteiger charge is -2.40. The van der Waals surface area contributed by atoms with Crippen molar-refractivity contribution < 1.29 is 23.9 Å². The number of thiophene rings is 1. The van der Waals surface area contributed by atoms with Gasteiger partial charge in [-0.1, -0.05) is 89.8 Å². The van der Waals surface area contributed by atoms with Crippen LogP contribution in [-0.2, 0) is 21.4 Å². The van der Waals surface area contributed by atoms with Crippen LogP contribution in [0.15, 0.2) is 73.1 Å². The topological polar surface area (TPSA) is 111 Å². The summed E-state index contributed by atoms with van der Waals surface area (Å²) in [7, 11) is 1.30. The molecule has 0 saturated carbocycles. The summed E-state index contributed by atoms with van der Waals surface area (Å²) >= 11 is 1.42. The molecule has 0 spiro atoms. The molecule has 1 fully saturated rings. The molecule has 0 aliphatic carbocycles. The summed E-state index contributed by atoms with van der Waals surface area (Å²) in [5, 5.41) is 2.97. The highest BCUT2D eigenvalue weighted by atomic mass is 32.1. The Morgan fingerprint density at radius 3 is 2.18 bits per heavy atom. The van der Waals surface area contributed by atoms with Gasteiger partial charge in [0.25, 0.3) is 5.91 Å². The first kappa shape index (κ1) is 36.7. The van der Waals surface area contributed by atoms with Gasteiger partial charge in [-0.15, -0.1) is 11.3 Å². The van der Waals surface area contributed by atoms with E-state index in [2.05, 4.69) is 43.0 Å². The molecule has 2 aromatic heterocycles. The Bertz CT molecular complexity index is 1730. The first-order valence-electron chi connectivity index (χ1n) is 17.5. The molecule has 1 aliphatic heterocycles. The Labute approximate surface area is 299 Å². The van der Waals surface area contributed by atoms with E-state index in [1.54, 1.807) is 6.07 Å². The zero-order valence-electron chi connectivity index (χ0n) is 29.7. The van der Waals surface area contributed by atoms with Crippen molar-refractivity contribution in [1.29, 1.82) is 0 Å². The summed E-state index contributed by atoms with van der Waals surface area (Å²) in [6, 6.07) is 18.0. The number of Topliss-reactive ketones (excluding diaryl/α,β-unsaturated/α-hetero) is 1. The smallest absolute Gasteiger partial charge is 0.410 e. The van der Waals surface area contributed by atoms with Gasteiger partial charge in [0.2, 0.25) is 0 Å². The zero-order chi connectivity index (χ0) is 35.7. The van der Waals surface area contributed by atoms with Crippen molar-refractivity contribution in [2.24, 2.45) is 0 Å². The third-order valence-corrected chi connectivity index (χ3v) is 10.5. The van der Waals surface area contributed by atoms with E-state index < -0.39 is 18.2 Å². The molecule has 0 radical (unpaired) electrons. The molecule has 2 atom stereocenters. The molecule has 4 aromatic rings. The number of nitrogens with one attached hydrogen (secondary N) is 1. The van der Waals surface area contributed by atoms with Crippen LogP contribution in [0.2, 0.25) is 0 Å². The minimum atomic E-state index is -0.830. The number of hydrogen-bond acceptors (Lipinski definition) is 8. The Balaban J connectivity index is 1.23. The number of hydrogen-bond donors (Lipinski definition) is 1. The van der Waals surface area contributed by atoms with Gasteiger partial charge in [0.1, 0.15) is 5.75 Å². The molecule has 9 nitrogen and oxygen atoms in total. The number of carbonyl (C=O) groups excluding carboxylic acids is 3. The number of benzene rings is 2. The molecule has 2 aromatic carbocycles. The summed E-state index contributed by atoms with van der Waals surface area (Å²) in [4.78, 5) is 51.6. The Morgan fingerprint density at radius 1 is 0.900 bits per heavy atom. The average Bonchev–Trinajstić information content (AvgIpc) is 3.62. The molecule has 1 aliphatic rings. The maximum atomic E-state index is 13.8. The number of ether oxygens (including phenoxy) is 2. The molecule has 50 heavy (non-hydrogen) atoms. The van der Waals surface area contributed by atoms with Gasteiger partial charge in [-0.2, -0.15) is 0 Å². The highest BCUT2D eigenvalue weighted by Crippen LogP contribution is 2.30. The van der Waals surface area contributed by atoms with Crippen LogP contribution >= 0.6 is 11.3 Å². The Hall–Kier alpha value is -4.57. The van der Waals surface area contributed by atoms with Crippen LogP contribution in [0.1, 0.15) is 86.3 Å². The third kappa shape index (κ3) is 9.35. The van der Waals surface area contributed by atoms with Crippen molar-refractivity contribution in [3.8, 4) is 28.3 Å². The number of ketones is 1. The summed E-state index contributed by atoms with van der Waals surface area (Å²) in [6.45, 7) is 9.68. The quantitative estimate of drug-likeness (QED) is 0.125. The first-order valence-corrected chi connectivity index (χ1v) is 18.3. The highest BCUT2D eigenvalue weighted by Gasteiger charge is 2.41. The van der Waals surface area contributed by atoms with Crippen LogP contribution in [0, 0.1) is 0 Å². The molecule has 1 saturated heterocycles. The van der Waals surface area contributed by atoms with E-state index in [4.69, 9.17) is 9.47 Å². The van der Waals surface area contributed by atoms with Crippen molar-refractivity contribution in [2.45, 2.75) is 90.1 Å². The van der Waals surface area contributed by atoms with Gasteiger partial charge in [0.15, 0.2) is 11.6 Å². The normalized spacial score (nSPS) is 14.8. The first-order chi connectivity index (χ1) is 24.1. The molecule has 1 unspecified atom stereocenters. The molecule has 0 bridgehead atoms.